The van der Waals surface area contributed by atoms with Crippen molar-refractivity contribution in [3.05, 3.63) is 0 Å². The zero-order valence-electron chi connectivity index (χ0n) is 20.6. The lowest BCUT2D eigenvalue weighted by molar-refractivity contribution is -0.142. The maximum atomic E-state index is 12.9. The minimum atomic E-state index is -1.65. The van der Waals surface area contributed by atoms with Crippen LogP contribution in [-0.4, -0.2) is 88.4 Å². The molecule has 214 valence electrons. The maximum Gasteiger partial charge on any atom is 0.326 e. The number of carbonyl (C=O) groups excluding carboxylic acids is 5. The smallest absolute Gasteiger partial charge is 0.326 e. The molecule has 0 saturated heterocycles. The van der Waals surface area contributed by atoms with Crippen molar-refractivity contribution in [1.82, 2.24) is 16.0 Å². The Morgan fingerprint density at radius 1 is 0.684 bits per heavy atom. The normalized spacial score (nSPS) is 13.6. The number of nitrogens with two attached hydrogens (primary N) is 5. The van der Waals surface area contributed by atoms with E-state index in [2.05, 4.69) is 20.9 Å². The first-order valence-corrected chi connectivity index (χ1v) is 11.4. The van der Waals surface area contributed by atoms with Crippen molar-refractivity contribution in [2.24, 2.45) is 33.7 Å². The summed E-state index contributed by atoms with van der Waals surface area (Å²) in [6, 6.07) is -5.85. The summed E-state index contributed by atoms with van der Waals surface area (Å²) in [6.07, 6.45) is -2.03. The van der Waals surface area contributed by atoms with Crippen LogP contribution in [-0.2, 0) is 33.6 Å². The molecule has 0 aliphatic carbocycles. The molecule has 18 nitrogen and oxygen atoms in total. The van der Waals surface area contributed by atoms with E-state index < -0.39 is 78.5 Å². The van der Waals surface area contributed by atoms with E-state index in [9.17, 15) is 38.7 Å². The van der Waals surface area contributed by atoms with Crippen molar-refractivity contribution in [2.75, 3.05) is 6.54 Å². The van der Waals surface area contributed by atoms with Crippen molar-refractivity contribution in [1.29, 1.82) is 0 Å². The van der Waals surface area contributed by atoms with Crippen LogP contribution in [0.4, 0.5) is 0 Å². The molecule has 5 amide bonds. The van der Waals surface area contributed by atoms with Crippen molar-refractivity contribution in [3.63, 3.8) is 0 Å². The molecule has 0 radical (unpaired) electrons. The number of aliphatic carboxylic acids is 2. The highest BCUT2D eigenvalue weighted by atomic mass is 16.4. The van der Waals surface area contributed by atoms with Crippen LogP contribution in [0.25, 0.3) is 0 Å². The quantitative estimate of drug-likeness (QED) is 0.0414. The molecule has 4 unspecified atom stereocenters. The Bertz CT molecular complexity index is 922. The van der Waals surface area contributed by atoms with Crippen molar-refractivity contribution < 1.29 is 43.8 Å². The van der Waals surface area contributed by atoms with Crippen LogP contribution in [0.2, 0.25) is 0 Å². The van der Waals surface area contributed by atoms with Crippen LogP contribution >= 0.6 is 0 Å². The number of nitrogens with one attached hydrogen (secondary N) is 3. The molecule has 0 fully saturated rings. The van der Waals surface area contributed by atoms with E-state index in [4.69, 9.17) is 33.8 Å². The van der Waals surface area contributed by atoms with Crippen molar-refractivity contribution in [3.8, 4) is 0 Å². The van der Waals surface area contributed by atoms with Crippen LogP contribution in [0.3, 0.4) is 0 Å². The number of hydrogen-bond donors (Lipinski definition) is 10. The van der Waals surface area contributed by atoms with Gasteiger partial charge in [0.25, 0.3) is 0 Å². The van der Waals surface area contributed by atoms with Crippen LogP contribution in [0.1, 0.15) is 44.9 Å². The molecular formula is C20H35N9O9. The number of hydrogen-bond acceptors (Lipinski definition) is 9. The monoisotopic (exact) mass is 545 g/mol. The summed E-state index contributed by atoms with van der Waals surface area (Å²) < 4.78 is 0. The van der Waals surface area contributed by atoms with Gasteiger partial charge in [0.15, 0.2) is 5.96 Å². The number of carbonyl (C=O) groups is 7. The Morgan fingerprint density at radius 3 is 1.74 bits per heavy atom. The Hall–Kier alpha value is -4.48. The number of carboxylic acid groups (broad SMARTS) is 2. The fourth-order valence-corrected chi connectivity index (χ4v) is 2.96. The third-order valence-electron chi connectivity index (χ3n) is 4.92. The molecule has 0 spiro atoms. The first-order chi connectivity index (χ1) is 17.6. The molecule has 15 N–H and O–H groups in total. The molecule has 0 aromatic heterocycles. The Kier molecular flexibility index (Phi) is 15.0. The Labute approximate surface area is 217 Å². The highest BCUT2D eigenvalue weighted by Gasteiger charge is 2.31. The van der Waals surface area contributed by atoms with E-state index in [1.54, 1.807) is 0 Å². The lowest BCUT2D eigenvalue weighted by Crippen LogP contribution is -2.57. The molecule has 0 rings (SSSR count). The molecule has 0 aliphatic heterocycles. The largest absolute Gasteiger partial charge is 0.481 e. The van der Waals surface area contributed by atoms with Gasteiger partial charge in [0.1, 0.15) is 18.1 Å². The number of primary amides is 2. The average Bonchev–Trinajstić information content (AvgIpc) is 2.80. The van der Waals surface area contributed by atoms with Gasteiger partial charge in [-0.2, -0.15) is 0 Å². The predicted molar refractivity (Wildman–Crippen MR) is 130 cm³/mol. The first-order valence-electron chi connectivity index (χ1n) is 11.4. The van der Waals surface area contributed by atoms with Gasteiger partial charge in [0.2, 0.25) is 29.5 Å². The number of amides is 5. The van der Waals surface area contributed by atoms with E-state index in [1.165, 1.54) is 0 Å². The average molecular weight is 546 g/mol. The third-order valence-corrected chi connectivity index (χ3v) is 4.92. The molecule has 4 atom stereocenters. The third kappa shape index (κ3) is 14.8. The van der Waals surface area contributed by atoms with Gasteiger partial charge in [-0.05, 0) is 25.7 Å². The predicted octanol–water partition coefficient (Wildman–Crippen LogP) is -5.09. The zero-order chi connectivity index (χ0) is 29.4. The number of rotatable bonds is 19. The number of nitrogens with zero attached hydrogens (tertiary/aromatic N) is 1. The second-order valence-corrected chi connectivity index (χ2v) is 8.18. The Balaban J connectivity index is 5.55. The van der Waals surface area contributed by atoms with Crippen LogP contribution in [0.15, 0.2) is 4.99 Å². The lowest BCUT2D eigenvalue weighted by atomic mass is 10.1. The number of guanidine groups is 1. The highest BCUT2D eigenvalue weighted by molar-refractivity contribution is 5.96. The van der Waals surface area contributed by atoms with Gasteiger partial charge in [0, 0.05) is 19.4 Å². The molecule has 0 aromatic carbocycles. The summed E-state index contributed by atoms with van der Waals surface area (Å²) >= 11 is 0. The van der Waals surface area contributed by atoms with Crippen LogP contribution in [0, 0.1) is 0 Å². The van der Waals surface area contributed by atoms with Crippen molar-refractivity contribution >= 4 is 47.4 Å². The highest BCUT2D eigenvalue weighted by Crippen LogP contribution is 2.05. The minimum absolute atomic E-state index is 0.0826. The van der Waals surface area contributed by atoms with E-state index in [-0.39, 0.29) is 44.6 Å². The summed E-state index contributed by atoms with van der Waals surface area (Å²) in [5, 5.41) is 24.7. The lowest BCUT2D eigenvalue weighted by Gasteiger charge is -2.24. The van der Waals surface area contributed by atoms with Gasteiger partial charge < -0.3 is 54.8 Å². The van der Waals surface area contributed by atoms with Crippen LogP contribution in [0.5, 0.6) is 0 Å². The fourth-order valence-electron chi connectivity index (χ4n) is 2.96. The standard InChI is InChI=1S/C20H35N9O9/c21-9(3-6-15(32)33)16(34)27-10(4-5-13(22)30)17(35)29-12(8-14(23)31)18(36)28-11(19(37)38)2-1-7-26-20(24)25/h9-12H,1-8,21H2,(H2,22,30)(H2,23,31)(H,27,34)(H,28,36)(H,29,35)(H,32,33)(H,37,38)(H4,24,25,26). The molecule has 18 heteroatoms. The Morgan fingerprint density at radius 2 is 1.24 bits per heavy atom. The second-order valence-electron chi connectivity index (χ2n) is 8.18. The van der Waals surface area contributed by atoms with E-state index in [1.807, 2.05) is 0 Å². The molecular weight excluding hydrogens is 510 g/mol. The molecule has 0 heterocycles. The summed E-state index contributed by atoms with van der Waals surface area (Å²) in [5.41, 5.74) is 26.3. The zero-order valence-corrected chi connectivity index (χ0v) is 20.6. The van der Waals surface area contributed by atoms with Gasteiger partial charge in [0.05, 0.1) is 12.5 Å². The first kappa shape index (κ1) is 33.5. The topological polar surface area (TPSA) is 338 Å². The summed E-state index contributed by atoms with van der Waals surface area (Å²) in [5.74, 6) is -7.66. The van der Waals surface area contributed by atoms with Gasteiger partial charge >= 0.3 is 11.9 Å². The molecule has 0 saturated carbocycles. The number of aliphatic imine (C=N–C) groups is 1. The molecule has 0 bridgehead atoms. The van der Waals surface area contributed by atoms with E-state index >= 15 is 0 Å². The van der Waals surface area contributed by atoms with Gasteiger partial charge in [-0.15, -0.1) is 0 Å². The van der Waals surface area contributed by atoms with Crippen LogP contribution < -0.4 is 44.6 Å². The van der Waals surface area contributed by atoms with Gasteiger partial charge in [-0.25, -0.2) is 4.79 Å². The minimum Gasteiger partial charge on any atom is -0.481 e. The molecule has 0 aliphatic rings. The summed E-state index contributed by atoms with van der Waals surface area (Å²) in [6.45, 7) is 0.0826. The van der Waals surface area contributed by atoms with Gasteiger partial charge in [-0.3, -0.25) is 33.8 Å². The van der Waals surface area contributed by atoms with Gasteiger partial charge in [-0.1, -0.05) is 0 Å². The summed E-state index contributed by atoms with van der Waals surface area (Å²) in [7, 11) is 0. The van der Waals surface area contributed by atoms with Crippen molar-refractivity contribution in [2.45, 2.75) is 69.1 Å². The summed E-state index contributed by atoms with van der Waals surface area (Å²) in [4.78, 5) is 86.6. The molecule has 38 heavy (non-hydrogen) atoms. The van der Waals surface area contributed by atoms with E-state index in [0.29, 0.717) is 0 Å². The number of carboxylic acids is 2. The van der Waals surface area contributed by atoms with E-state index in [0.717, 1.165) is 0 Å². The maximum absolute atomic E-state index is 12.9. The second kappa shape index (κ2) is 17.1. The SMILES string of the molecule is NC(=O)CCC(NC(=O)C(N)CCC(=O)O)C(=O)NC(CC(N)=O)C(=O)NC(CCCN=C(N)N)C(=O)O. The molecule has 0 aromatic rings. The fraction of sp³-hybridized carbons (Fsp3) is 0.600.